The minimum absolute atomic E-state index is 0.262. The molecular formula is C9H20N4O. The second-order valence-corrected chi connectivity index (χ2v) is 3.49. The van der Waals surface area contributed by atoms with E-state index in [0.29, 0.717) is 25.0 Å². The Labute approximate surface area is 84.9 Å². The van der Waals surface area contributed by atoms with Crippen molar-refractivity contribution in [3.8, 4) is 0 Å². The molecule has 82 valence electrons. The molecule has 0 aliphatic heterocycles. The zero-order valence-electron chi connectivity index (χ0n) is 8.92. The average molecular weight is 200 g/mol. The van der Waals surface area contributed by atoms with E-state index in [2.05, 4.69) is 10.3 Å². The first-order valence-electron chi connectivity index (χ1n) is 4.87. The summed E-state index contributed by atoms with van der Waals surface area (Å²) in [4.78, 5) is 14.5. The molecule has 5 N–H and O–H groups in total. The molecule has 0 aromatic heterocycles. The maximum Gasteiger partial charge on any atom is 0.217 e. The van der Waals surface area contributed by atoms with Gasteiger partial charge >= 0.3 is 0 Å². The molecule has 1 amide bonds. The monoisotopic (exact) mass is 200 g/mol. The molecule has 0 radical (unpaired) electrons. The van der Waals surface area contributed by atoms with Crippen LogP contribution < -0.4 is 16.8 Å². The number of guanidine groups is 1. The van der Waals surface area contributed by atoms with Gasteiger partial charge in [-0.05, 0) is 26.7 Å². The third kappa shape index (κ3) is 8.83. The Bertz CT molecular complexity index is 201. The number of hydrogen-bond donors (Lipinski definition) is 3. The number of carbonyl (C=O) groups is 1. The molecule has 0 unspecified atom stereocenters. The Morgan fingerprint density at radius 2 is 2.00 bits per heavy atom. The minimum atomic E-state index is -0.262. The van der Waals surface area contributed by atoms with Gasteiger partial charge in [-0.1, -0.05) is 0 Å². The molecule has 0 rings (SSSR count). The lowest BCUT2D eigenvalue weighted by Crippen LogP contribution is -2.36. The van der Waals surface area contributed by atoms with Crippen LogP contribution in [0, 0.1) is 0 Å². The summed E-state index contributed by atoms with van der Waals surface area (Å²) < 4.78 is 0. The predicted molar refractivity (Wildman–Crippen MR) is 57.8 cm³/mol. The normalized spacial score (nSPS) is 11.8. The number of amides is 1. The van der Waals surface area contributed by atoms with E-state index >= 15 is 0 Å². The quantitative estimate of drug-likeness (QED) is 0.319. The van der Waals surface area contributed by atoms with E-state index < -0.39 is 0 Å². The molecule has 0 saturated carbocycles. The number of unbranched alkanes of at least 4 members (excludes halogenated alkanes) is 1. The van der Waals surface area contributed by atoms with Crippen molar-refractivity contribution in [3.05, 3.63) is 0 Å². The van der Waals surface area contributed by atoms with Crippen molar-refractivity contribution in [1.82, 2.24) is 5.32 Å². The SMILES string of the molecule is CC(C)NC(N)=NCCCCC(N)=O. The van der Waals surface area contributed by atoms with Crippen LogP contribution in [0.15, 0.2) is 4.99 Å². The number of primary amides is 1. The van der Waals surface area contributed by atoms with Crippen LogP contribution in [0.1, 0.15) is 33.1 Å². The van der Waals surface area contributed by atoms with Crippen molar-refractivity contribution >= 4 is 11.9 Å². The summed E-state index contributed by atoms with van der Waals surface area (Å²) >= 11 is 0. The summed E-state index contributed by atoms with van der Waals surface area (Å²) in [6, 6.07) is 0.296. The van der Waals surface area contributed by atoms with Crippen molar-refractivity contribution in [2.75, 3.05) is 6.54 Å². The van der Waals surface area contributed by atoms with Crippen LogP contribution in [0.2, 0.25) is 0 Å². The molecule has 0 bridgehead atoms. The molecule has 0 aromatic carbocycles. The lowest BCUT2D eigenvalue weighted by molar-refractivity contribution is -0.118. The predicted octanol–water partition coefficient (Wildman–Crippen LogP) is -0.0453. The van der Waals surface area contributed by atoms with Gasteiger partial charge in [-0.25, -0.2) is 0 Å². The minimum Gasteiger partial charge on any atom is -0.370 e. The molecule has 0 atom stereocenters. The molecule has 0 aromatic rings. The van der Waals surface area contributed by atoms with Gasteiger partial charge < -0.3 is 16.8 Å². The van der Waals surface area contributed by atoms with Gasteiger partial charge in [0.1, 0.15) is 0 Å². The highest BCUT2D eigenvalue weighted by Gasteiger charge is 1.95. The Balaban J connectivity index is 3.46. The van der Waals surface area contributed by atoms with E-state index in [-0.39, 0.29) is 5.91 Å². The molecular weight excluding hydrogens is 180 g/mol. The van der Waals surface area contributed by atoms with Crippen LogP contribution in [0.4, 0.5) is 0 Å². The van der Waals surface area contributed by atoms with E-state index in [9.17, 15) is 4.79 Å². The van der Waals surface area contributed by atoms with Gasteiger partial charge in [0.05, 0.1) is 0 Å². The zero-order chi connectivity index (χ0) is 11.0. The highest BCUT2D eigenvalue weighted by molar-refractivity contribution is 5.78. The van der Waals surface area contributed by atoms with Crippen molar-refractivity contribution in [3.63, 3.8) is 0 Å². The van der Waals surface area contributed by atoms with Gasteiger partial charge in [0.25, 0.3) is 0 Å². The summed E-state index contributed by atoms with van der Waals surface area (Å²) in [6.07, 6.45) is 2.03. The molecule has 0 saturated heterocycles. The van der Waals surface area contributed by atoms with Crippen molar-refractivity contribution < 1.29 is 4.79 Å². The molecule has 14 heavy (non-hydrogen) atoms. The first-order chi connectivity index (χ1) is 6.52. The van der Waals surface area contributed by atoms with Gasteiger partial charge in [-0.2, -0.15) is 0 Å². The standard InChI is InChI=1S/C9H20N4O/c1-7(2)13-9(11)12-6-4-3-5-8(10)14/h7H,3-6H2,1-2H3,(H2,10,14)(H3,11,12,13). The maximum atomic E-state index is 10.4. The van der Waals surface area contributed by atoms with Crippen LogP contribution in [0.3, 0.4) is 0 Å². The largest absolute Gasteiger partial charge is 0.370 e. The van der Waals surface area contributed by atoms with Crippen LogP contribution in [-0.4, -0.2) is 24.5 Å². The summed E-state index contributed by atoms with van der Waals surface area (Å²) in [5, 5.41) is 2.98. The van der Waals surface area contributed by atoms with Crippen molar-refractivity contribution in [2.45, 2.75) is 39.2 Å². The lowest BCUT2D eigenvalue weighted by Gasteiger charge is -2.07. The van der Waals surface area contributed by atoms with Gasteiger partial charge in [-0.15, -0.1) is 0 Å². The molecule has 5 heteroatoms. The van der Waals surface area contributed by atoms with E-state index in [1.807, 2.05) is 13.8 Å². The highest BCUT2D eigenvalue weighted by atomic mass is 16.1. The number of nitrogens with two attached hydrogens (primary N) is 2. The second-order valence-electron chi connectivity index (χ2n) is 3.49. The lowest BCUT2D eigenvalue weighted by atomic mass is 10.2. The summed E-state index contributed by atoms with van der Waals surface area (Å²) in [6.45, 7) is 4.63. The Hall–Kier alpha value is -1.26. The topological polar surface area (TPSA) is 93.5 Å². The van der Waals surface area contributed by atoms with Crippen molar-refractivity contribution in [2.24, 2.45) is 16.5 Å². The number of carbonyl (C=O) groups excluding carboxylic acids is 1. The molecule has 0 heterocycles. The Morgan fingerprint density at radius 3 is 2.50 bits per heavy atom. The molecule has 0 spiro atoms. The average Bonchev–Trinajstić information content (AvgIpc) is 2.01. The van der Waals surface area contributed by atoms with E-state index in [4.69, 9.17) is 11.5 Å². The zero-order valence-corrected chi connectivity index (χ0v) is 8.92. The Morgan fingerprint density at radius 1 is 1.36 bits per heavy atom. The molecule has 0 aliphatic rings. The van der Waals surface area contributed by atoms with E-state index in [1.54, 1.807) is 0 Å². The number of nitrogens with zero attached hydrogens (tertiary/aromatic N) is 1. The summed E-state index contributed by atoms with van der Waals surface area (Å²) in [5.74, 6) is 0.196. The number of rotatable bonds is 6. The van der Waals surface area contributed by atoms with Crippen molar-refractivity contribution in [1.29, 1.82) is 0 Å². The third-order valence-electron chi connectivity index (χ3n) is 1.55. The summed E-state index contributed by atoms with van der Waals surface area (Å²) in [7, 11) is 0. The smallest absolute Gasteiger partial charge is 0.217 e. The molecule has 5 nitrogen and oxygen atoms in total. The third-order valence-corrected chi connectivity index (χ3v) is 1.55. The van der Waals surface area contributed by atoms with Gasteiger partial charge in [0.15, 0.2) is 5.96 Å². The van der Waals surface area contributed by atoms with Gasteiger partial charge in [-0.3, -0.25) is 9.79 Å². The first kappa shape index (κ1) is 12.7. The second kappa shape index (κ2) is 7.17. The fraction of sp³-hybridized carbons (Fsp3) is 0.778. The number of nitrogens with one attached hydrogen (secondary N) is 1. The number of hydrogen-bond acceptors (Lipinski definition) is 2. The fourth-order valence-corrected chi connectivity index (χ4v) is 0.952. The molecule has 0 aliphatic carbocycles. The molecule has 0 fully saturated rings. The Kier molecular flexibility index (Phi) is 6.53. The van der Waals surface area contributed by atoms with Crippen LogP contribution in [0.25, 0.3) is 0 Å². The first-order valence-corrected chi connectivity index (χ1v) is 4.87. The van der Waals surface area contributed by atoms with Gasteiger partial charge in [0, 0.05) is 19.0 Å². The maximum absolute atomic E-state index is 10.4. The fourth-order valence-electron chi connectivity index (χ4n) is 0.952. The summed E-state index contributed by atoms with van der Waals surface area (Å²) in [5.41, 5.74) is 10.6. The van der Waals surface area contributed by atoms with Crippen LogP contribution in [0.5, 0.6) is 0 Å². The number of aliphatic imine (C=N–C) groups is 1. The van der Waals surface area contributed by atoms with E-state index in [0.717, 1.165) is 12.8 Å². The van der Waals surface area contributed by atoms with Crippen LogP contribution >= 0.6 is 0 Å². The highest BCUT2D eigenvalue weighted by Crippen LogP contribution is 1.94. The van der Waals surface area contributed by atoms with Crippen LogP contribution in [-0.2, 0) is 4.79 Å². The van der Waals surface area contributed by atoms with E-state index in [1.165, 1.54) is 0 Å². The van der Waals surface area contributed by atoms with Gasteiger partial charge in [0.2, 0.25) is 5.91 Å².